The lowest BCUT2D eigenvalue weighted by Crippen LogP contribution is -2.44. The predicted octanol–water partition coefficient (Wildman–Crippen LogP) is 3.82. The number of hydrogen-bond donors (Lipinski definition) is 1. The highest BCUT2D eigenvalue weighted by atomic mass is 16.1. The molecule has 0 spiro atoms. The molecule has 2 aromatic heterocycles. The molecule has 3 heterocycles. The molecular formula is C30H33N7O. The average Bonchev–Trinajstić information content (AvgIpc) is 3.32. The van der Waals surface area contributed by atoms with Gasteiger partial charge in [-0.1, -0.05) is 38.8 Å². The summed E-state index contributed by atoms with van der Waals surface area (Å²) in [5.41, 5.74) is 5.20. The Bertz CT molecular complexity index is 1510. The average molecular weight is 508 g/mol. The number of hydrogen-bond acceptors (Lipinski definition) is 6. The summed E-state index contributed by atoms with van der Waals surface area (Å²) in [6, 6.07) is 17.2. The second kappa shape index (κ2) is 10.7. The maximum atomic E-state index is 13.2. The van der Waals surface area contributed by atoms with Crippen molar-refractivity contribution in [3.05, 3.63) is 88.9 Å². The Morgan fingerprint density at radius 3 is 2.58 bits per heavy atom. The summed E-state index contributed by atoms with van der Waals surface area (Å²) in [7, 11) is 2.17. The molecule has 0 unspecified atom stereocenters. The molecule has 5 rings (SSSR count). The van der Waals surface area contributed by atoms with Crippen LogP contribution in [0.2, 0.25) is 0 Å². The van der Waals surface area contributed by atoms with Gasteiger partial charge in [0.05, 0.1) is 0 Å². The van der Waals surface area contributed by atoms with Gasteiger partial charge >= 0.3 is 0 Å². The number of piperazine rings is 1. The first-order valence-electron chi connectivity index (χ1n) is 12.9. The van der Waals surface area contributed by atoms with Gasteiger partial charge in [-0.3, -0.25) is 9.69 Å². The lowest BCUT2D eigenvalue weighted by atomic mass is 9.83. The van der Waals surface area contributed by atoms with Crippen molar-refractivity contribution < 1.29 is 4.79 Å². The smallest absolute Gasteiger partial charge is 0.255 e. The lowest BCUT2D eigenvalue weighted by molar-refractivity contribution is 0.102. The third kappa shape index (κ3) is 5.91. The third-order valence-corrected chi connectivity index (χ3v) is 6.79. The molecule has 0 aliphatic carbocycles. The van der Waals surface area contributed by atoms with Crippen molar-refractivity contribution in [2.24, 2.45) is 0 Å². The Kier molecular flexibility index (Phi) is 7.23. The van der Waals surface area contributed by atoms with Crippen molar-refractivity contribution in [2.75, 3.05) is 38.5 Å². The minimum atomic E-state index is -0.171. The fraction of sp³-hybridized carbons (Fsp3) is 0.333. The van der Waals surface area contributed by atoms with E-state index in [2.05, 4.69) is 82.2 Å². The monoisotopic (exact) mass is 507 g/mol. The molecule has 1 aliphatic heterocycles. The van der Waals surface area contributed by atoms with E-state index in [-0.39, 0.29) is 11.3 Å². The van der Waals surface area contributed by atoms with Crippen LogP contribution in [0.1, 0.15) is 53.6 Å². The van der Waals surface area contributed by atoms with E-state index in [1.54, 1.807) is 28.9 Å². The first kappa shape index (κ1) is 25.6. The number of fused-ring (bicyclic) bond motifs is 1. The van der Waals surface area contributed by atoms with Crippen LogP contribution in [0.15, 0.2) is 60.8 Å². The summed E-state index contributed by atoms with van der Waals surface area (Å²) < 4.78 is 1.59. The van der Waals surface area contributed by atoms with Crippen LogP contribution in [0.3, 0.4) is 0 Å². The van der Waals surface area contributed by atoms with Crippen molar-refractivity contribution in [3.8, 4) is 11.8 Å². The topological polar surface area (TPSA) is 78.7 Å². The Labute approximate surface area is 223 Å². The van der Waals surface area contributed by atoms with Crippen LogP contribution in [0.4, 0.5) is 5.69 Å². The third-order valence-electron chi connectivity index (χ3n) is 6.79. The van der Waals surface area contributed by atoms with E-state index in [4.69, 9.17) is 0 Å². The maximum Gasteiger partial charge on any atom is 0.255 e. The molecule has 1 amide bonds. The Morgan fingerprint density at radius 2 is 1.79 bits per heavy atom. The first-order chi connectivity index (χ1) is 18.3. The van der Waals surface area contributed by atoms with Gasteiger partial charge in [0.2, 0.25) is 5.82 Å². The zero-order valence-electron chi connectivity index (χ0n) is 22.4. The maximum absolute atomic E-state index is 13.2. The van der Waals surface area contributed by atoms with E-state index in [0.29, 0.717) is 22.6 Å². The summed E-state index contributed by atoms with van der Waals surface area (Å²) in [6.07, 6.45) is 1.66. The van der Waals surface area contributed by atoms with E-state index >= 15 is 0 Å². The number of aromatic nitrogens is 4. The molecule has 4 aromatic rings. The molecule has 0 saturated carbocycles. The number of likely N-dealkylation sites (N-methyl/N-ethyl adjacent to an activating group) is 1. The van der Waals surface area contributed by atoms with Gasteiger partial charge in [-0.05, 0) is 72.0 Å². The van der Waals surface area contributed by atoms with Crippen molar-refractivity contribution in [3.63, 3.8) is 0 Å². The van der Waals surface area contributed by atoms with Gasteiger partial charge in [0, 0.05) is 55.7 Å². The van der Waals surface area contributed by atoms with Gasteiger partial charge in [0.1, 0.15) is 0 Å². The highest BCUT2D eigenvalue weighted by molar-refractivity contribution is 6.04. The summed E-state index contributed by atoms with van der Waals surface area (Å²) in [5.74, 6) is 6.35. The summed E-state index contributed by atoms with van der Waals surface area (Å²) >= 11 is 0. The molecule has 1 aliphatic rings. The number of benzene rings is 2. The molecule has 0 radical (unpaired) electrons. The number of rotatable bonds is 4. The Hall–Kier alpha value is -4.06. The highest BCUT2D eigenvalue weighted by Crippen LogP contribution is 2.30. The van der Waals surface area contributed by atoms with Crippen LogP contribution in [0, 0.1) is 11.8 Å². The normalized spacial score (nSPS) is 14.7. The molecule has 1 fully saturated rings. The number of amides is 1. The van der Waals surface area contributed by atoms with Gasteiger partial charge in [-0.25, -0.2) is 0 Å². The van der Waals surface area contributed by atoms with Gasteiger partial charge in [0.25, 0.3) is 5.91 Å². The van der Waals surface area contributed by atoms with Gasteiger partial charge in [0.15, 0.2) is 5.65 Å². The molecule has 8 heteroatoms. The number of carbonyl (C=O) groups is 1. The van der Waals surface area contributed by atoms with Gasteiger partial charge < -0.3 is 10.2 Å². The largest absolute Gasteiger partial charge is 0.322 e. The quantitative estimate of drug-likeness (QED) is 0.423. The minimum Gasteiger partial charge on any atom is -0.322 e. The van der Waals surface area contributed by atoms with Crippen LogP contribution in [0.5, 0.6) is 0 Å². The second-order valence-corrected chi connectivity index (χ2v) is 10.8. The molecule has 1 N–H and O–H groups in total. The van der Waals surface area contributed by atoms with Crippen LogP contribution in [0.25, 0.3) is 5.65 Å². The number of nitrogens with zero attached hydrogens (tertiary/aromatic N) is 6. The van der Waals surface area contributed by atoms with Crippen LogP contribution in [-0.2, 0) is 12.0 Å². The molecule has 8 nitrogen and oxygen atoms in total. The SMILES string of the molecule is CN1CCN(Cc2ccc(NC(=O)c3cccc(C#Cc4nnc5cccnn45)c3)cc2C(C)(C)C)CC1. The zero-order valence-corrected chi connectivity index (χ0v) is 22.4. The fourth-order valence-electron chi connectivity index (χ4n) is 4.63. The molecule has 0 bridgehead atoms. The first-order valence-corrected chi connectivity index (χ1v) is 12.9. The Balaban J connectivity index is 1.32. The molecule has 38 heavy (non-hydrogen) atoms. The zero-order chi connectivity index (χ0) is 26.7. The predicted molar refractivity (Wildman–Crippen MR) is 149 cm³/mol. The summed E-state index contributed by atoms with van der Waals surface area (Å²) in [5, 5.41) is 15.5. The molecule has 1 saturated heterocycles. The van der Waals surface area contributed by atoms with Crippen molar-refractivity contribution in [2.45, 2.75) is 32.7 Å². The van der Waals surface area contributed by atoms with E-state index in [1.165, 1.54) is 11.1 Å². The van der Waals surface area contributed by atoms with E-state index < -0.39 is 0 Å². The van der Waals surface area contributed by atoms with E-state index in [0.717, 1.165) is 38.4 Å². The fourth-order valence-corrected chi connectivity index (χ4v) is 4.63. The van der Waals surface area contributed by atoms with Crippen molar-refractivity contribution in [1.82, 2.24) is 29.6 Å². The standard InChI is InChI=1S/C30H33N7O/c1-30(2,3)26-20-25(12-11-24(26)21-36-17-15-35(4)16-18-36)32-29(38)23-8-5-7-22(19-23)10-13-28-34-33-27-9-6-14-31-37(27)28/h5-9,11-12,14,19-20H,15-18,21H2,1-4H3,(H,32,38). The molecular weight excluding hydrogens is 474 g/mol. The summed E-state index contributed by atoms with van der Waals surface area (Å²) in [4.78, 5) is 18.0. The van der Waals surface area contributed by atoms with Crippen LogP contribution < -0.4 is 5.32 Å². The van der Waals surface area contributed by atoms with E-state index in [9.17, 15) is 4.79 Å². The Morgan fingerprint density at radius 1 is 0.974 bits per heavy atom. The van der Waals surface area contributed by atoms with Crippen molar-refractivity contribution >= 4 is 17.2 Å². The van der Waals surface area contributed by atoms with E-state index in [1.807, 2.05) is 24.3 Å². The summed E-state index contributed by atoms with van der Waals surface area (Å²) in [6.45, 7) is 11.9. The molecule has 0 atom stereocenters. The minimum absolute atomic E-state index is 0.0428. The number of nitrogens with one attached hydrogen (secondary N) is 1. The highest BCUT2D eigenvalue weighted by Gasteiger charge is 2.22. The van der Waals surface area contributed by atoms with Gasteiger partial charge in [-0.15, -0.1) is 10.2 Å². The van der Waals surface area contributed by atoms with Crippen LogP contribution >= 0.6 is 0 Å². The second-order valence-electron chi connectivity index (χ2n) is 10.8. The molecule has 194 valence electrons. The number of carbonyl (C=O) groups excluding carboxylic acids is 1. The van der Waals surface area contributed by atoms with Crippen molar-refractivity contribution in [1.29, 1.82) is 0 Å². The lowest BCUT2D eigenvalue weighted by Gasteiger charge is -2.34. The van der Waals surface area contributed by atoms with Gasteiger partial charge in [-0.2, -0.15) is 9.61 Å². The molecule has 2 aromatic carbocycles. The number of anilines is 1. The van der Waals surface area contributed by atoms with Crippen LogP contribution in [-0.4, -0.2) is 68.7 Å².